The maximum atomic E-state index is 13.7. The first kappa shape index (κ1) is 24.9. The topological polar surface area (TPSA) is 101 Å². The first-order chi connectivity index (χ1) is 18.2. The van der Waals surface area contributed by atoms with E-state index in [2.05, 4.69) is 20.2 Å². The molecule has 0 unspecified atom stereocenters. The summed E-state index contributed by atoms with van der Waals surface area (Å²) < 4.78 is 39.0. The first-order valence-corrected chi connectivity index (χ1v) is 11.7. The Morgan fingerprint density at radius 3 is 2.45 bits per heavy atom. The van der Waals surface area contributed by atoms with Crippen molar-refractivity contribution in [2.45, 2.75) is 26.2 Å². The van der Waals surface area contributed by atoms with Gasteiger partial charge in [-0.25, -0.2) is 4.98 Å². The van der Waals surface area contributed by atoms with Crippen LogP contribution in [0.25, 0.3) is 22.2 Å². The lowest BCUT2D eigenvalue weighted by Crippen LogP contribution is -2.30. The van der Waals surface area contributed by atoms with Crippen molar-refractivity contribution in [3.05, 3.63) is 107 Å². The molecule has 5 aromatic rings. The van der Waals surface area contributed by atoms with E-state index < -0.39 is 11.7 Å². The number of hydrogen-bond acceptors (Lipinski definition) is 5. The highest BCUT2D eigenvalue weighted by Gasteiger charge is 2.30. The summed E-state index contributed by atoms with van der Waals surface area (Å²) in [5.41, 5.74) is 9.83. The highest BCUT2D eigenvalue weighted by atomic mass is 19.4. The Hall–Kier alpha value is -4.73. The van der Waals surface area contributed by atoms with E-state index in [0.717, 1.165) is 40.0 Å². The molecule has 0 aliphatic carbocycles. The van der Waals surface area contributed by atoms with Crippen molar-refractivity contribution in [1.82, 2.24) is 25.1 Å². The van der Waals surface area contributed by atoms with E-state index in [1.54, 1.807) is 29.3 Å². The van der Waals surface area contributed by atoms with Gasteiger partial charge in [0.2, 0.25) is 0 Å². The van der Waals surface area contributed by atoms with Crippen LogP contribution in [0, 0.1) is 6.92 Å². The second kappa shape index (κ2) is 9.97. The fraction of sp³-hybridized carbons (Fsp3) is 0.143. The zero-order valence-electron chi connectivity index (χ0n) is 20.3. The number of fused-ring (bicyclic) bond motifs is 1. The number of benzene rings is 2. The number of pyridine rings is 2. The average molecular weight is 517 g/mol. The third-order valence-corrected chi connectivity index (χ3v) is 6.21. The van der Waals surface area contributed by atoms with Crippen LogP contribution in [0.3, 0.4) is 0 Å². The number of alkyl halides is 3. The van der Waals surface area contributed by atoms with Crippen LogP contribution in [0.1, 0.15) is 32.7 Å². The van der Waals surface area contributed by atoms with Crippen LogP contribution in [0.2, 0.25) is 0 Å². The van der Waals surface area contributed by atoms with Gasteiger partial charge in [-0.3, -0.25) is 14.9 Å². The lowest BCUT2D eigenvalue weighted by atomic mass is 10.1. The highest BCUT2D eigenvalue weighted by molar-refractivity contribution is 5.98. The second-order valence-corrected chi connectivity index (χ2v) is 8.95. The van der Waals surface area contributed by atoms with Gasteiger partial charge in [-0.2, -0.15) is 18.3 Å². The Kier molecular flexibility index (Phi) is 6.54. The molecular weight excluding hydrogens is 493 g/mol. The molecule has 5 rings (SSSR count). The molecule has 0 saturated heterocycles. The number of H-pyrrole nitrogens is 1. The number of amides is 1. The van der Waals surface area contributed by atoms with Gasteiger partial charge in [-0.1, -0.05) is 24.3 Å². The number of nitrogens with two attached hydrogens (primary N) is 1. The van der Waals surface area contributed by atoms with Crippen LogP contribution in [0.5, 0.6) is 0 Å². The number of aromatic nitrogens is 4. The van der Waals surface area contributed by atoms with E-state index in [1.165, 1.54) is 6.07 Å². The number of nitrogens with one attached hydrogen (secondary N) is 1. The zero-order valence-corrected chi connectivity index (χ0v) is 20.3. The molecule has 0 fully saturated rings. The van der Waals surface area contributed by atoms with E-state index in [4.69, 9.17) is 5.73 Å². The molecule has 38 heavy (non-hydrogen) atoms. The van der Waals surface area contributed by atoms with Crippen molar-refractivity contribution in [1.29, 1.82) is 0 Å². The van der Waals surface area contributed by atoms with Crippen molar-refractivity contribution in [3.63, 3.8) is 0 Å². The van der Waals surface area contributed by atoms with Crippen LogP contribution in [-0.2, 0) is 19.3 Å². The molecule has 0 radical (unpaired) electrons. The number of hydrogen-bond donors (Lipinski definition) is 2. The fourth-order valence-corrected chi connectivity index (χ4v) is 4.12. The highest BCUT2D eigenvalue weighted by Crippen LogP contribution is 2.29. The maximum absolute atomic E-state index is 13.7. The Bertz CT molecular complexity index is 1580. The number of rotatable bonds is 6. The summed E-state index contributed by atoms with van der Waals surface area (Å²) in [7, 11) is 0. The fourth-order valence-electron chi connectivity index (χ4n) is 4.12. The molecule has 0 spiro atoms. The van der Waals surface area contributed by atoms with Gasteiger partial charge in [0.15, 0.2) is 0 Å². The summed E-state index contributed by atoms with van der Waals surface area (Å²) in [6.07, 6.45) is -1.97. The number of nitrogen functional groups attached to an aromatic ring is 1. The number of aromatic amines is 1. The molecule has 0 aliphatic heterocycles. The SMILES string of the molecule is Cc1cc2cc(C(=O)N(Cc3ccc(-c4cc[nH]n4)cc3)Cc3ccc(C(F)(F)F)cn3)ccc2nc1N. The zero-order chi connectivity index (χ0) is 26.9. The molecule has 10 heteroatoms. The van der Waals surface area contributed by atoms with Crippen LogP contribution in [0.4, 0.5) is 19.0 Å². The van der Waals surface area contributed by atoms with E-state index in [9.17, 15) is 18.0 Å². The summed E-state index contributed by atoms with van der Waals surface area (Å²) in [6, 6.07) is 18.7. The average Bonchev–Trinajstić information content (AvgIpc) is 3.44. The molecule has 0 saturated carbocycles. The van der Waals surface area contributed by atoms with Gasteiger partial charge in [-0.05, 0) is 60.5 Å². The number of nitrogens with zero attached hydrogens (tertiary/aromatic N) is 4. The Morgan fingerprint density at radius 2 is 1.79 bits per heavy atom. The largest absolute Gasteiger partial charge is 0.417 e. The molecule has 2 aromatic carbocycles. The molecule has 3 N–H and O–H groups in total. The molecule has 0 bridgehead atoms. The van der Waals surface area contributed by atoms with Crippen molar-refractivity contribution in [2.24, 2.45) is 0 Å². The number of carbonyl (C=O) groups is 1. The van der Waals surface area contributed by atoms with Crippen molar-refractivity contribution >= 4 is 22.6 Å². The Balaban J connectivity index is 1.45. The van der Waals surface area contributed by atoms with Gasteiger partial charge < -0.3 is 10.6 Å². The van der Waals surface area contributed by atoms with Crippen molar-refractivity contribution < 1.29 is 18.0 Å². The summed E-state index contributed by atoms with van der Waals surface area (Å²) in [5.74, 6) is 0.129. The minimum absolute atomic E-state index is 0.0230. The number of carbonyl (C=O) groups excluding carboxylic acids is 1. The standard InChI is InChI=1S/C28H23F3N6O/c1-17-12-21-13-20(6-9-24(21)35-26(17)32)27(38)37(16-23-8-7-22(14-33-23)28(29,30)31)15-18-2-4-19(5-3-18)25-10-11-34-36-25/h2-14H,15-16H2,1H3,(H2,32,35)(H,34,36). The lowest BCUT2D eigenvalue weighted by molar-refractivity contribution is -0.137. The third kappa shape index (κ3) is 5.34. The van der Waals surface area contributed by atoms with Gasteiger partial charge in [0.25, 0.3) is 5.91 Å². The van der Waals surface area contributed by atoms with Gasteiger partial charge in [-0.15, -0.1) is 0 Å². The smallest absolute Gasteiger partial charge is 0.383 e. The number of aryl methyl sites for hydroxylation is 1. The number of halogens is 3. The lowest BCUT2D eigenvalue weighted by Gasteiger charge is -2.23. The second-order valence-electron chi connectivity index (χ2n) is 8.95. The predicted molar refractivity (Wildman–Crippen MR) is 138 cm³/mol. The van der Waals surface area contributed by atoms with Crippen molar-refractivity contribution in [3.8, 4) is 11.3 Å². The molecule has 192 valence electrons. The van der Waals surface area contributed by atoms with Gasteiger partial charge >= 0.3 is 6.18 Å². The van der Waals surface area contributed by atoms with Crippen LogP contribution in [0.15, 0.2) is 79.1 Å². The van der Waals surface area contributed by atoms with E-state index in [-0.39, 0.29) is 19.0 Å². The third-order valence-electron chi connectivity index (χ3n) is 6.21. The molecular formula is C28H23F3N6O. The molecule has 3 aromatic heterocycles. The maximum Gasteiger partial charge on any atom is 0.417 e. The normalized spacial score (nSPS) is 11.6. The van der Waals surface area contributed by atoms with Crippen LogP contribution in [-0.4, -0.2) is 31.0 Å². The Morgan fingerprint density at radius 1 is 1.00 bits per heavy atom. The van der Waals surface area contributed by atoms with E-state index in [0.29, 0.717) is 22.6 Å². The predicted octanol–water partition coefficient (Wildman–Crippen LogP) is 5.77. The van der Waals surface area contributed by atoms with E-state index in [1.807, 2.05) is 43.3 Å². The van der Waals surface area contributed by atoms with E-state index >= 15 is 0 Å². The van der Waals surface area contributed by atoms with Gasteiger partial charge in [0, 0.05) is 35.5 Å². The molecule has 0 aliphatic rings. The van der Waals surface area contributed by atoms with Crippen LogP contribution < -0.4 is 5.73 Å². The first-order valence-electron chi connectivity index (χ1n) is 11.7. The number of anilines is 1. The summed E-state index contributed by atoms with van der Waals surface area (Å²) in [5, 5.41) is 7.71. The molecule has 7 nitrogen and oxygen atoms in total. The van der Waals surface area contributed by atoms with Crippen LogP contribution >= 0.6 is 0 Å². The van der Waals surface area contributed by atoms with Gasteiger partial charge in [0.1, 0.15) is 5.82 Å². The molecule has 0 atom stereocenters. The summed E-state index contributed by atoms with van der Waals surface area (Å²) >= 11 is 0. The minimum atomic E-state index is -4.49. The Labute approximate surface area is 216 Å². The minimum Gasteiger partial charge on any atom is -0.383 e. The molecule has 3 heterocycles. The quantitative estimate of drug-likeness (QED) is 0.298. The summed E-state index contributed by atoms with van der Waals surface area (Å²) in [6.45, 7) is 2.08. The molecule has 1 amide bonds. The van der Waals surface area contributed by atoms with Gasteiger partial charge in [0.05, 0.1) is 29.0 Å². The summed E-state index contributed by atoms with van der Waals surface area (Å²) in [4.78, 5) is 23.6. The van der Waals surface area contributed by atoms with Crippen molar-refractivity contribution in [2.75, 3.05) is 5.73 Å². The monoisotopic (exact) mass is 516 g/mol.